The van der Waals surface area contributed by atoms with Crippen molar-refractivity contribution in [1.82, 2.24) is 4.98 Å². The molecule has 0 aliphatic heterocycles. The zero-order chi connectivity index (χ0) is 19.4. The van der Waals surface area contributed by atoms with Crippen molar-refractivity contribution in [2.75, 3.05) is 5.32 Å². The van der Waals surface area contributed by atoms with Gasteiger partial charge < -0.3 is 5.32 Å². The smallest absolute Gasteiger partial charge is 0.269 e. The largest absolute Gasteiger partial charge is 0.359 e. The first-order chi connectivity index (χ1) is 13.0. The first-order valence-electron chi connectivity index (χ1n) is 7.81. The van der Waals surface area contributed by atoms with E-state index in [2.05, 4.69) is 32.3 Å². The number of non-ortho nitro benzene ring substituents is 1. The van der Waals surface area contributed by atoms with Crippen LogP contribution in [0.5, 0.6) is 0 Å². The van der Waals surface area contributed by atoms with Gasteiger partial charge in [-0.15, -0.1) is 11.3 Å². The number of nitro benzene ring substituents is 1. The van der Waals surface area contributed by atoms with E-state index in [9.17, 15) is 15.4 Å². The third-order valence-electron chi connectivity index (χ3n) is 3.73. The number of benzene rings is 2. The van der Waals surface area contributed by atoms with Crippen LogP contribution in [0, 0.1) is 28.4 Å². The van der Waals surface area contributed by atoms with Gasteiger partial charge in [-0.3, -0.25) is 10.1 Å². The summed E-state index contributed by atoms with van der Waals surface area (Å²) in [4.78, 5) is 14.8. The van der Waals surface area contributed by atoms with Crippen molar-refractivity contribution >= 4 is 44.2 Å². The van der Waals surface area contributed by atoms with Gasteiger partial charge in [0.1, 0.15) is 16.6 Å². The second-order valence-electron chi connectivity index (χ2n) is 5.64. The minimum Gasteiger partial charge on any atom is -0.359 e. The second-order valence-corrected chi connectivity index (χ2v) is 7.35. The molecule has 0 bridgehead atoms. The molecule has 2 aromatic carbocycles. The molecule has 0 aliphatic rings. The molecule has 0 aliphatic carbocycles. The van der Waals surface area contributed by atoms with Crippen molar-refractivity contribution in [3.05, 3.63) is 79.2 Å². The molecule has 134 valence electrons. The van der Waals surface area contributed by atoms with Crippen LogP contribution in [0.1, 0.15) is 10.6 Å². The maximum atomic E-state index is 10.8. The molecule has 0 radical (unpaired) electrons. The quantitative estimate of drug-likeness (QED) is 0.309. The number of nitro groups is 1. The van der Waals surface area contributed by atoms with Crippen LogP contribution in [0.3, 0.4) is 0 Å². The molecule has 0 spiro atoms. The Morgan fingerprint density at radius 2 is 2.07 bits per heavy atom. The summed E-state index contributed by atoms with van der Waals surface area (Å²) in [5, 5.41) is 25.7. The molecule has 1 aromatic heterocycles. The number of nitrogens with one attached hydrogen (secondary N) is 1. The van der Waals surface area contributed by atoms with Crippen LogP contribution < -0.4 is 5.32 Å². The predicted octanol–water partition coefficient (Wildman–Crippen LogP) is 5.77. The van der Waals surface area contributed by atoms with Gasteiger partial charge in [0.25, 0.3) is 5.69 Å². The average molecular weight is 441 g/mol. The number of aryl methyl sites for hydroxylation is 1. The fourth-order valence-corrected chi connectivity index (χ4v) is 3.72. The average Bonchev–Trinajstić information content (AvgIpc) is 3.14. The monoisotopic (exact) mass is 440 g/mol. The van der Waals surface area contributed by atoms with Crippen molar-refractivity contribution < 1.29 is 4.92 Å². The molecule has 0 amide bonds. The van der Waals surface area contributed by atoms with E-state index in [0.717, 1.165) is 21.3 Å². The molecule has 3 aromatic rings. The molecular weight excluding hydrogens is 428 g/mol. The molecular formula is C19H13BrN4O2S. The summed E-state index contributed by atoms with van der Waals surface area (Å²) in [5.41, 5.74) is 3.84. The van der Waals surface area contributed by atoms with E-state index in [1.165, 1.54) is 23.5 Å². The first-order valence-corrected chi connectivity index (χ1v) is 9.49. The highest BCUT2D eigenvalue weighted by Gasteiger charge is 2.11. The molecule has 3 rings (SSSR count). The van der Waals surface area contributed by atoms with E-state index in [1.807, 2.05) is 30.5 Å². The standard InChI is InChI=1S/C19H13BrN4O2S/c1-12-2-7-17(16(20)8-12)22-10-14(9-21)19-23-18(11-27-19)13-3-5-15(6-4-13)24(25)26/h2-8,10-11,22H,1H3/b14-10+. The number of allylic oxidation sites excluding steroid dienone is 1. The summed E-state index contributed by atoms with van der Waals surface area (Å²) in [5.74, 6) is 0. The zero-order valence-corrected chi connectivity index (χ0v) is 16.5. The van der Waals surface area contributed by atoms with Crippen LogP contribution in [0.4, 0.5) is 11.4 Å². The minimum absolute atomic E-state index is 0.0275. The number of rotatable bonds is 5. The van der Waals surface area contributed by atoms with E-state index in [4.69, 9.17) is 0 Å². The van der Waals surface area contributed by atoms with Crippen molar-refractivity contribution in [2.24, 2.45) is 0 Å². The normalized spacial score (nSPS) is 11.1. The summed E-state index contributed by atoms with van der Waals surface area (Å²) in [6.45, 7) is 2.00. The molecule has 0 saturated heterocycles. The lowest BCUT2D eigenvalue weighted by Crippen LogP contribution is -1.92. The van der Waals surface area contributed by atoms with Crippen molar-refractivity contribution in [3.63, 3.8) is 0 Å². The SMILES string of the molecule is Cc1ccc(N/C=C(\C#N)c2nc(-c3ccc([N+](=O)[O-])cc3)cs2)c(Br)c1. The maximum absolute atomic E-state index is 10.8. The molecule has 6 nitrogen and oxygen atoms in total. The Morgan fingerprint density at radius 1 is 1.33 bits per heavy atom. The molecule has 1 heterocycles. The minimum atomic E-state index is -0.443. The summed E-state index contributed by atoms with van der Waals surface area (Å²) >= 11 is 4.83. The van der Waals surface area contributed by atoms with Gasteiger partial charge >= 0.3 is 0 Å². The van der Waals surface area contributed by atoms with E-state index in [-0.39, 0.29) is 5.69 Å². The zero-order valence-electron chi connectivity index (χ0n) is 14.1. The van der Waals surface area contributed by atoms with Crippen LogP contribution in [0.15, 0.2) is 58.5 Å². The lowest BCUT2D eigenvalue weighted by molar-refractivity contribution is -0.384. The van der Waals surface area contributed by atoms with Crippen molar-refractivity contribution in [1.29, 1.82) is 5.26 Å². The Bertz CT molecular complexity index is 1070. The van der Waals surface area contributed by atoms with Gasteiger partial charge in [0.05, 0.1) is 16.3 Å². The van der Waals surface area contributed by atoms with Crippen LogP contribution in [-0.2, 0) is 0 Å². The number of hydrogen-bond donors (Lipinski definition) is 1. The van der Waals surface area contributed by atoms with Crippen molar-refractivity contribution in [2.45, 2.75) is 6.92 Å². The summed E-state index contributed by atoms with van der Waals surface area (Å²) in [6.07, 6.45) is 1.62. The third-order valence-corrected chi connectivity index (χ3v) is 5.26. The van der Waals surface area contributed by atoms with E-state index >= 15 is 0 Å². The number of aromatic nitrogens is 1. The molecule has 1 N–H and O–H groups in total. The van der Waals surface area contributed by atoms with Crippen molar-refractivity contribution in [3.8, 4) is 17.3 Å². The van der Waals surface area contributed by atoms with Crippen LogP contribution in [0.25, 0.3) is 16.8 Å². The molecule has 0 unspecified atom stereocenters. The fourth-order valence-electron chi connectivity index (χ4n) is 2.31. The summed E-state index contributed by atoms with van der Waals surface area (Å²) in [6, 6.07) is 14.2. The second kappa shape index (κ2) is 8.12. The van der Waals surface area contributed by atoms with Gasteiger partial charge in [-0.2, -0.15) is 5.26 Å². The van der Waals surface area contributed by atoms with Gasteiger partial charge in [-0.1, -0.05) is 6.07 Å². The lowest BCUT2D eigenvalue weighted by atomic mass is 10.1. The molecule has 0 atom stereocenters. The maximum Gasteiger partial charge on any atom is 0.269 e. The lowest BCUT2D eigenvalue weighted by Gasteiger charge is -2.05. The number of halogens is 1. The summed E-state index contributed by atoms with van der Waals surface area (Å²) in [7, 11) is 0. The van der Waals surface area contributed by atoms with Gasteiger partial charge in [0.15, 0.2) is 0 Å². The predicted molar refractivity (Wildman–Crippen MR) is 110 cm³/mol. The van der Waals surface area contributed by atoms with E-state index in [0.29, 0.717) is 16.3 Å². The number of thiazole rings is 1. The number of hydrogen-bond acceptors (Lipinski definition) is 6. The molecule has 8 heteroatoms. The molecule has 0 fully saturated rings. The Balaban J connectivity index is 1.82. The van der Waals surface area contributed by atoms with Gasteiger partial charge in [-0.25, -0.2) is 4.98 Å². The Hall–Kier alpha value is -3.02. The Kier molecular flexibility index (Phi) is 5.64. The highest BCUT2D eigenvalue weighted by molar-refractivity contribution is 9.10. The Morgan fingerprint density at radius 3 is 2.70 bits per heavy atom. The summed E-state index contributed by atoms with van der Waals surface area (Å²) < 4.78 is 0.904. The first kappa shape index (κ1) is 18.8. The topological polar surface area (TPSA) is 91.8 Å². The third kappa shape index (κ3) is 4.39. The highest BCUT2D eigenvalue weighted by Crippen LogP contribution is 2.28. The Labute approximate surface area is 168 Å². The van der Waals surface area contributed by atoms with E-state index in [1.54, 1.807) is 18.3 Å². The fraction of sp³-hybridized carbons (Fsp3) is 0.0526. The number of nitriles is 1. The van der Waals surface area contributed by atoms with Gasteiger partial charge in [-0.05, 0) is 52.7 Å². The van der Waals surface area contributed by atoms with Crippen LogP contribution >= 0.6 is 27.3 Å². The highest BCUT2D eigenvalue weighted by atomic mass is 79.9. The van der Waals surface area contributed by atoms with Gasteiger partial charge in [0, 0.05) is 33.7 Å². The van der Waals surface area contributed by atoms with Crippen LogP contribution in [0.2, 0.25) is 0 Å². The molecule has 27 heavy (non-hydrogen) atoms. The number of nitrogens with zero attached hydrogens (tertiary/aromatic N) is 3. The van der Waals surface area contributed by atoms with E-state index < -0.39 is 4.92 Å². The van der Waals surface area contributed by atoms with Gasteiger partial charge in [0.2, 0.25) is 0 Å². The molecule has 0 saturated carbocycles. The number of anilines is 1. The van der Waals surface area contributed by atoms with Crippen LogP contribution in [-0.4, -0.2) is 9.91 Å².